The van der Waals surface area contributed by atoms with E-state index in [9.17, 15) is 46.6 Å². The predicted molar refractivity (Wildman–Crippen MR) is 289 cm³/mol. The van der Waals surface area contributed by atoms with Crippen molar-refractivity contribution in [2.24, 2.45) is 0 Å². The number of nitro groups is 2. The SMILES string of the molecule is O=[N+]([O-])c1ccc(CP(OB(Oc2cc(C(F)(F)F)cc(C(F)(F)F)c2)OP(Cc2ccc([N+](=O)[O-])cc2)(c2ccccc2)(c2ccccc2)c2ccccc2)(c2ccccc2)(c2ccccc2)c2ccccc2)cc1. The van der Waals surface area contributed by atoms with Gasteiger partial charge >= 0.3 is 436 Å². The van der Waals surface area contributed by atoms with E-state index in [2.05, 4.69) is 0 Å². The molecule has 9 aromatic carbocycles. The molecule has 9 nitrogen and oxygen atoms in total. The average Bonchev–Trinajstić information content (AvgIpc) is 3.45. The zero-order chi connectivity index (χ0) is 53.7. The van der Waals surface area contributed by atoms with Crippen LogP contribution < -0.4 is 36.5 Å². The van der Waals surface area contributed by atoms with Crippen LogP contribution in [0.2, 0.25) is 0 Å². The minimum absolute atomic E-state index is 0.00258. The van der Waals surface area contributed by atoms with Crippen molar-refractivity contribution in [1.29, 1.82) is 0 Å². The van der Waals surface area contributed by atoms with Crippen molar-refractivity contribution in [2.45, 2.75) is 24.7 Å². The molecule has 0 heterocycles. The fraction of sp³-hybridized carbons (Fsp3) is 0.0690. The van der Waals surface area contributed by atoms with Gasteiger partial charge in [-0.3, -0.25) is 0 Å². The van der Waals surface area contributed by atoms with E-state index in [1.807, 2.05) is 72.8 Å². The number of non-ortho nitro benzene ring substituents is 2. The number of rotatable bonds is 18. The predicted octanol–water partition coefficient (Wildman–Crippen LogP) is 13.2. The molecule has 18 heteroatoms. The van der Waals surface area contributed by atoms with Gasteiger partial charge in [-0.25, -0.2) is 0 Å². The molecule has 0 bridgehead atoms. The Labute approximate surface area is 433 Å². The maximum absolute atomic E-state index is 15.0. The van der Waals surface area contributed by atoms with Crippen molar-refractivity contribution in [3.63, 3.8) is 0 Å². The zero-order valence-corrected chi connectivity index (χ0v) is 41.9. The van der Waals surface area contributed by atoms with E-state index in [-0.39, 0.29) is 29.8 Å². The Hall–Kier alpha value is -8.00. The van der Waals surface area contributed by atoms with Crippen LogP contribution in [-0.2, 0) is 33.6 Å². The van der Waals surface area contributed by atoms with Gasteiger partial charge in [0.25, 0.3) is 0 Å². The molecule has 0 N–H and O–H groups in total. The summed E-state index contributed by atoms with van der Waals surface area (Å²) in [5, 5.41) is 27.3. The van der Waals surface area contributed by atoms with Crippen molar-refractivity contribution in [2.75, 3.05) is 0 Å². The third kappa shape index (κ3) is 9.88. The molecule has 0 aliphatic rings. The van der Waals surface area contributed by atoms with Crippen LogP contribution in [0, 0.1) is 20.2 Å². The number of hydrogen-bond donors (Lipinski definition) is 0. The van der Waals surface area contributed by atoms with Gasteiger partial charge in [-0.05, 0) is 0 Å². The van der Waals surface area contributed by atoms with Crippen molar-refractivity contribution < 1.29 is 49.7 Å². The molecule has 0 fully saturated rings. The van der Waals surface area contributed by atoms with Crippen molar-refractivity contribution in [1.82, 2.24) is 0 Å². The van der Waals surface area contributed by atoms with E-state index in [1.54, 1.807) is 133 Å². The van der Waals surface area contributed by atoms with Crippen molar-refractivity contribution in [3.05, 3.63) is 291 Å². The number of nitrogens with zero attached hydrogens (tertiary/aromatic N) is 2. The summed E-state index contributed by atoms with van der Waals surface area (Å²) in [6, 6.07) is 66.3. The number of alkyl halides is 6. The molecule has 0 saturated carbocycles. The molecule has 9 rings (SSSR count). The van der Waals surface area contributed by atoms with Gasteiger partial charge in [0.2, 0.25) is 0 Å². The van der Waals surface area contributed by atoms with Crippen LogP contribution in [-0.4, -0.2) is 17.2 Å². The molecule has 0 aliphatic carbocycles. The van der Waals surface area contributed by atoms with Crippen molar-refractivity contribution in [3.8, 4) is 5.75 Å². The fourth-order valence-electron chi connectivity index (χ4n) is 10.0. The first-order chi connectivity index (χ1) is 36.4. The average molecular weight is 1070 g/mol. The third-order valence-corrected chi connectivity index (χ3v) is 25.1. The first-order valence-electron chi connectivity index (χ1n) is 23.6. The standard InChI is InChI=1S/C58H45BF6N2O7P2/c60-57(61,62)46-39-47(58(63,64)65)41-50(40-46)72-59(73-75(51-19-7-1-8-20-51,52-21-9-2-10-22-52,53-23-11-3-12-24-53)42-44-31-35-48(36-32-44)66(68)69)74-76(54-25-13-4-14-26-54,55-27-15-5-16-28-55,56-29-17-6-18-30-56)43-45-33-37-49(38-34-45)67(70)71/h1-41H,42-43H2. The molecule has 0 spiro atoms. The first kappa shape index (κ1) is 52.9. The fourth-order valence-corrected chi connectivity index (χ4v) is 21.4. The number of benzene rings is 9. The summed E-state index contributed by atoms with van der Waals surface area (Å²) in [6.07, 6.45) is -10.8. The van der Waals surface area contributed by atoms with Crippen LogP contribution in [0.1, 0.15) is 22.3 Å². The Kier molecular flexibility index (Phi) is 14.6. The second-order valence-corrected chi connectivity index (χ2v) is 27.0. The normalized spacial score (nSPS) is 13.1. The van der Waals surface area contributed by atoms with Gasteiger partial charge in [-0.2, -0.15) is 0 Å². The monoisotopic (exact) mass is 1070 g/mol. The van der Waals surface area contributed by atoms with E-state index in [1.165, 1.54) is 24.3 Å². The van der Waals surface area contributed by atoms with E-state index >= 15 is 0 Å². The van der Waals surface area contributed by atoms with E-state index in [0.717, 1.165) is 0 Å². The summed E-state index contributed by atoms with van der Waals surface area (Å²) < 4.78 is 113. The van der Waals surface area contributed by atoms with Gasteiger partial charge in [-0.1, -0.05) is 0 Å². The van der Waals surface area contributed by atoms with Crippen LogP contribution in [0.5, 0.6) is 5.75 Å². The molecule has 9 aromatic rings. The van der Waals surface area contributed by atoms with Crippen LogP contribution in [0.25, 0.3) is 0 Å². The van der Waals surface area contributed by atoms with Crippen LogP contribution >= 0.6 is 13.7 Å². The van der Waals surface area contributed by atoms with Gasteiger partial charge < -0.3 is 0 Å². The Balaban J connectivity index is 1.47. The molecular weight excluding hydrogens is 1020 g/mol. The van der Waals surface area contributed by atoms with Crippen LogP contribution in [0.15, 0.2) is 249 Å². The van der Waals surface area contributed by atoms with E-state index < -0.39 is 60.1 Å². The molecule has 0 aromatic heterocycles. The minimum atomic E-state index is -5.29. The Morgan fingerprint density at radius 1 is 0.382 bits per heavy atom. The summed E-state index contributed by atoms with van der Waals surface area (Å²) in [4.78, 5) is 23.1. The molecule has 0 aliphatic heterocycles. The second-order valence-electron chi connectivity index (χ2n) is 18.0. The Morgan fingerprint density at radius 2 is 0.632 bits per heavy atom. The van der Waals surface area contributed by atoms with E-state index in [4.69, 9.17) is 13.5 Å². The van der Waals surface area contributed by atoms with Crippen LogP contribution in [0.4, 0.5) is 37.7 Å². The Morgan fingerprint density at radius 3 is 0.855 bits per heavy atom. The summed E-state index contributed by atoms with van der Waals surface area (Å²) in [5.41, 5.74) is -2.76. The van der Waals surface area contributed by atoms with Gasteiger partial charge in [0.15, 0.2) is 0 Å². The third-order valence-electron chi connectivity index (χ3n) is 13.5. The molecule has 0 amide bonds. The summed E-state index contributed by atoms with van der Waals surface area (Å²) in [7, 11) is -2.29. The topological polar surface area (TPSA) is 114 Å². The van der Waals surface area contributed by atoms with Crippen molar-refractivity contribution >= 4 is 64.2 Å². The quantitative estimate of drug-likeness (QED) is 0.0276. The van der Waals surface area contributed by atoms with E-state index in [0.29, 0.717) is 55.1 Å². The summed E-state index contributed by atoms with van der Waals surface area (Å²) in [6.45, 7) is -10.2. The molecule has 76 heavy (non-hydrogen) atoms. The number of halogens is 6. The maximum atomic E-state index is 15.0. The molecule has 0 unspecified atom stereocenters. The van der Waals surface area contributed by atoms with Gasteiger partial charge in [0.1, 0.15) is 0 Å². The zero-order valence-electron chi connectivity index (χ0n) is 40.1. The van der Waals surface area contributed by atoms with Crippen LogP contribution in [0.3, 0.4) is 0 Å². The van der Waals surface area contributed by atoms with Gasteiger partial charge in [-0.15, -0.1) is 0 Å². The molecular formula is C58H45BF6N2O7P2. The van der Waals surface area contributed by atoms with Gasteiger partial charge in [0, 0.05) is 0 Å². The first-order valence-corrected chi connectivity index (χ1v) is 28.3. The summed E-state index contributed by atoms with van der Waals surface area (Å²) >= 11 is 0. The molecule has 0 atom stereocenters. The van der Waals surface area contributed by atoms with Gasteiger partial charge in [0.05, 0.1) is 0 Å². The number of nitro benzene ring substituents is 2. The summed E-state index contributed by atoms with van der Waals surface area (Å²) in [5.74, 6) is -0.908. The Bertz CT molecular complexity index is 3040. The molecule has 0 radical (unpaired) electrons. The number of hydrogen-bond acceptors (Lipinski definition) is 7. The molecule has 384 valence electrons. The second kappa shape index (κ2) is 21.0. The molecule has 0 saturated heterocycles.